The van der Waals surface area contributed by atoms with E-state index in [1.54, 1.807) is 30.1 Å². The van der Waals surface area contributed by atoms with Gasteiger partial charge in [-0.3, -0.25) is 4.79 Å². The van der Waals surface area contributed by atoms with E-state index in [4.69, 9.17) is 23.2 Å². The van der Waals surface area contributed by atoms with Gasteiger partial charge in [-0.2, -0.15) is 0 Å². The highest BCUT2D eigenvalue weighted by molar-refractivity contribution is 6.35. The number of halogens is 2. The molecule has 0 radical (unpaired) electrons. The first kappa shape index (κ1) is 12.7. The number of benzene rings is 1. The molecule has 17 heavy (non-hydrogen) atoms. The average Bonchev–Trinajstić information content (AvgIpc) is 2.84. The van der Waals surface area contributed by atoms with E-state index in [0.717, 1.165) is 19.5 Å². The van der Waals surface area contributed by atoms with Gasteiger partial charge in [0.25, 0.3) is 5.91 Å². The summed E-state index contributed by atoms with van der Waals surface area (Å²) >= 11 is 11.9. The Kier molecular flexibility index (Phi) is 3.92. The molecule has 1 heterocycles. The maximum absolute atomic E-state index is 12.3. The van der Waals surface area contributed by atoms with Crippen LogP contribution in [0.1, 0.15) is 16.8 Å². The number of hydrogen-bond donors (Lipinski definition) is 1. The molecule has 1 atom stereocenters. The van der Waals surface area contributed by atoms with Crippen LogP contribution < -0.4 is 5.32 Å². The zero-order valence-corrected chi connectivity index (χ0v) is 11.1. The van der Waals surface area contributed by atoms with Crippen LogP contribution in [0.25, 0.3) is 0 Å². The monoisotopic (exact) mass is 272 g/mol. The summed E-state index contributed by atoms with van der Waals surface area (Å²) in [7, 11) is 1.80. The van der Waals surface area contributed by atoms with Gasteiger partial charge in [0.2, 0.25) is 0 Å². The van der Waals surface area contributed by atoms with Crippen molar-refractivity contribution in [3.63, 3.8) is 0 Å². The van der Waals surface area contributed by atoms with Crippen molar-refractivity contribution in [2.75, 3.05) is 20.1 Å². The van der Waals surface area contributed by atoms with Crippen LogP contribution in [-0.2, 0) is 0 Å². The molecule has 1 N–H and O–H groups in total. The van der Waals surface area contributed by atoms with Crippen LogP contribution in [0.3, 0.4) is 0 Å². The zero-order chi connectivity index (χ0) is 12.4. The number of carbonyl (C=O) groups excluding carboxylic acids is 1. The maximum atomic E-state index is 12.3. The highest BCUT2D eigenvalue weighted by atomic mass is 35.5. The van der Waals surface area contributed by atoms with Gasteiger partial charge in [-0.1, -0.05) is 23.2 Å². The second kappa shape index (κ2) is 5.25. The molecule has 1 fully saturated rings. The highest BCUT2D eigenvalue weighted by Gasteiger charge is 2.25. The van der Waals surface area contributed by atoms with Crippen LogP contribution in [-0.4, -0.2) is 37.0 Å². The molecular formula is C12H14Cl2N2O. The molecule has 0 saturated carbocycles. The summed E-state index contributed by atoms with van der Waals surface area (Å²) in [6, 6.07) is 5.18. The molecule has 3 nitrogen and oxygen atoms in total. The number of hydrogen-bond acceptors (Lipinski definition) is 2. The van der Waals surface area contributed by atoms with Gasteiger partial charge >= 0.3 is 0 Å². The van der Waals surface area contributed by atoms with Gasteiger partial charge in [-0.05, 0) is 31.2 Å². The molecule has 92 valence electrons. The molecule has 1 saturated heterocycles. The van der Waals surface area contributed by atoms with Gasteiger partial charge < -0.3 is 10.2 Å². The Morgan fingerprint density at radius 1 is 1.47 bits per heavy atom. The predicted octanol–water partition coefficient (Wildman–Crippen LogP) is 2.43. The fraction of sp³-hybridized carbons (Fsp3) is 0.417. The van der Waals surface area contributed by atoms with E-state index in [-0.39, 0.29) is 11.9 Å². The second-order valence-electron chi connectivity index (χ2n) is 4.19. The molecule has 0 aliphatic carbocycles. The fourth-order valence-electron chi connectivity index (χ4n) is 1.99. The van der Waals surface area contributed by atoms with Crippen LogP contribution in [0, 0.1) is 0 Å². The molecule has 0 bridgehead atoms. The molecule has 5 heteroatoms. The van der Waals surface area contributed by atoms with Crippen molar-refractivity contribution in [1.82, 2.24) is 10.2 Å². The lowest BCUT2D eigenvalue weighted by atomic mass is 10.1. The smallest absolute Gasteiger partial charge is 0.255 e. The quantitative estimate of drug-likeness (QED) is 0.897. The molecule has 0 spiro atoms. The van der Waals surface area contributed by atoms with Gasteiger partial charge in [0.15, 0.2) is 0 Å². The Bertz CT molecular complexity index is 431. The lowest BCUT2D eigenvalue weighted by Crippen LogP contribution is -2.38. The standard InChI is InChI=1S/C12H14Cl2N2O/c1-16(9-4-5-15-7-9)12(17)10-6-8(13)2-3-11(10)14/h2-3,6,9,15H,4-5,7H2,1H3/t9-/m1/s1. The normalized spacial score (nSPS) is 19.4. The fourth-order valence-corrected chi connectivity index (χ4v) is 2.36. The maximum Gasteiger partial charge on any atom is 0.255 e. The second-order valence-corrected chi connectivity index (χ2v) is 5.03. The first-order valence-electron chi connectivity index (χ1n) is 5.52. The summed E-state index contributed by atoms with van der Waals surface area (Å²) in [5.41, 5.74) is 0.466. The Hall–Kier alpha value is -0.770. The van der Waals surface area contributed by atoms with E-state index in [1.807, 2.05) is 0 Å². The first-order valence-corrected chi connectivity index (χ1v) is 6.28. The van der Waals surface area contributed by atoms with Crippen LogP contribution in [0.2, 0.25) is 10.0 Å². The molecule has 1 aliphatic heterocycles. The van der Waals surface area contributed by atoms with Gasteiger partial charge in [0.05, 0.1) is 10.6 Å². The summed E-state index contributed by atoms with van der Waals surface area (Å²) in [5.74, 6) is -0.0776. The largest absolute Gasteiger partial charge is 0.337 e. The van der Waals surface area contributed by atoms with E-state index < -0.39 is 0 Å². The van der Waals surface area contributed by atoms with Crippen LogP contribution >= 0.6 is 23.2 Å². The summed E-state index contributed by atoms with van der Waals surface area (Å²) in [5, 5.41) is 4.20. The van der Waals surface area contributed by atoms with Crippen molar-refractivity contribution < 1.29 is 4.79 Å². The SMILES string of the molecule is CN(C(=O)c1cc(Cl)ccc1Cl)[C@@H]1CCNC1. The predicted molar refractivity (Wildman–Crippen MR) is 69.8 cm³/mol. The van der Waals surface area contributed by atoms with Crippen molar-refractivity contribution in [2.24, 2.45) is 0 Å². The number of rotatable bonds is 2. The third-order valence-corrected chi connectivity index (χ3v) is 3.63. The zero-order valence-electron chi connectivity index (χ0n) is 9.54. The lowest BCUT2D eigenvalue weighted by Gasteiger charge is -2.24. The molecule has 0 unspecified atom stereocenters. The number of nitrogens with zero attached hydrogens (tertiary/aromatic N) is 1. The summed E-state index contributed by atoms with van der Waals surface area (Å²) < 4.78 is 0. The van der Waals surface area contributed by atoms with E-state index >= 15 is 0 Å². The van der Waals surface area contributed by atoms with Crippen LogP contribution in [0.4, 0.5) is 0 Å². The minimum Gasteiger partial charge on any atom is -0.337 e. The third kappa shape index (κ3) is 2.73. The van der Waals surface area contributed by atoms with Crippen LogP contribution in [0.5, 0.6) is 0 Å². The first-order chi connectivity index (χ1) is 8.09. The number of likely N-dealkylation sites (N-methyl/N-ethyl adjacent to an activating group) is 1. The van der Waals surface area contributed by atoms with E-state index in [2.05, 4.69) is 5.32 Å². The van der Waals surface area contributed by atoms with Gasteiger partial charge in [0.1, 0.15) is 0 Å². The minimum atomic E-state index is -0.0776. The average molecular weight is 273 g/mol. The van der Waals surface area contributed by atoms with E-state index in [9.17, 15) is 4.79 Å². The molecule has 2 rings (SSSR count). The Labute approximate surface area is 111 Å². The molecule has 1 aromatic carbocycles. The Morgan fingerprint density at radius 2 is 2.24 bits per heavy atom. The van der Waals surface area contributed by atoms with Gasteiger partial charge in [0, 0.05) is 24.7 Å². The summed E-state index contributed by atoms with van der Waals surface area (Å²) in [6.45, 7) is 1.78. The summed E-state index contributed by atoms with van der Waals surface area (Å²) in [4.78, 5) is 14.0. The summed E-state index contributed by atoms with van der Waals surface area (Å²) in [6.07, 6.45) is 0.973. The van der Waals surface area contributed by atoms with Crippen molar-refractivity contribution in [3.8, 4) is 0 Å². The highest BCUT2D eigenvalue weighted by Crippen LogP contribution is 2.23. The lowest BCUT2D eigenvalue weighted by molar-refractivity contribution is 0.0744. The van der Waals surface area contributed by atoms with Crippen molar-refractivity contribution in [3.05, 3.63) is 33.8 Å². The topological polar surface area (TPSA) is 32.3 Å². The van der Waals surface area contributed by atoms with E-state index in [1.165, 1.54) is 0 Å². The molecule has 1 amide bonds. The Morgan fingerprint density at radius 3 is 2.88 bits per heavy atom. The number of amides is 1. The number of nitrogens with one attached hydrogen (secondary N) is 1. The van der Waals surface area contributed by atoms with Gasteiger partial charge in [-0.15, -0.1) is 0 Å². The molecule has 1 aliphatic rings. The van der Waals surface area contributed by atoms with Crippen molar-refractivity contribution >= 4 is 29.1 Å². The number of carbonyl (C=O) groups is 1. The minimum absolute atomic E-state index is 0.0776. The molecule has 0 aromatic heterocycles. The van der Waals surface area contributed by atoms with Crippen molar-refractivity contribution in [1.29, 1.82) is 0 Å². The third-order valence-electron chi connectivity index (χ3n) is 3.06. The molecule has 1 aromatic rings. The molecular weight excluding hydrogens is 259 g/mol. The Balaban J connectivity index is 2.20. The van der Waals surface area contributed by atoms with Gasteiger partial charge in [-0.25, -0.2) is 0 Å². The van der Waals surface area contributed by atoms with Crippen LogP contribution in [0.15, 0.2) is 18.2 Å². The van der Waals surface area contributed by atoms with E-state index in [0.29, 0.717) is 15.6 Å². The van der Waals surface area contributed by atoms with Crippen molar-refractivity contribution in [2.45, 2.75) is 12.5 Å².